The number of hydrogen-bond donors (Lipinski definition) is 0. The van der Waals surface area contributed by atoms with Crippen molar-refractivity contribution in [2.45, 2.75) is 20.3 Å². The number of rotatable bonds is 3. The smallest absolute Gasteiger partial charge is 0.222 e. The molecule has 106 valence electrons. The minimum Gasteiger partial charge on any atom is -0.368 e. The van der Waals surface area contributed by atoms with E-state index in [1.54, 1.807) is 0 Å². The van der Waals surface area contributed by atoms with Crippen LogP contribution < -0.4 is 4.90 Å². The molecule has 0 radical (unpaired) electrons. The maximum Gasteiger partial charge on any atom is 0.222 e. The monoisotopic (exact) mass is 271 g/mol. The fourth-order valence-corrected chi connectivity index (χ4v) is 2.46. The van der Waals surface area contributed by atoms with Gasteiger partial charge in [0.1, 0.15) is 0 Å². The number of hydrogen-bond acceptors (Lipinski definition) is 3. The van der Waals surface area contributed by atoms with Crippen molar-refractivity contribution in [1.29, 1.82) is 5.26 Å². The molecular weight excluding hydrogens is 250 g/mol. The average molecular weight is 271 g/mol. The SMILES string of the molecule is CC(C)CC(=O)N1CCN(c2cccc(C#N)c2)CC1. The van der Waals surface area contributed by atoms with Gasteiger partial charge >= 0.3 is 0 Å². The molecule has 4 nitrogen and oxygen atoms in total. The molecule has 0 N–H and O–H groups in total. The Hall–Kier alpha value is -2.02. The fraction of sp³-hybridized carbons (Fsp3) is 0.500. The normalized spacial score (nSPS) is 15.3. The Labute approximate surface area is 120 Å². The molecule has 1 amide bonds. The molecule has 1 heterocycles. The molecular formula is C16H21N3O. The van der Waals surface area contributed by atoms with E-state index in [-0.39, 0.29) is 5.91 Å². The van der Waals surface area contributed by atoms with Crippen molar-refractivity contribution >= 4 is 11.6 Å². The zero-order valence-electron chi connectivity index (χ0n) is 12.2. The van der Waals surface area contributed by atoms with Crippen LogP contribution in [0.3, 0.4) is 0 Å². The van der Waals surface area contributed by atoms with E-state index in [2.05, 4.69) is 24.8 Å². The van der Waals surface area contributed by atoms with Crippen LogP contribution in [0.4, 0.5) is 5.69 Å². The average Bonchev–Trinajstić information content (AvgIpc) is 2.47. The first-order chi connectivity index (χ1) is 9.60. The van der Waals surface area contributed by atoms with Gasteiger partial charge in [-0.25, -0.2) is 0 Å². The van der Waals surface area contributed by atoms with Crippen LogP contribution in [0.1, 0.15) is 25.8 Å². The third-order valence-electron chi connectivity index (χ3n) is 3.56. The van der Waals surface area contributed by atoms with E-state index in [9.17, 15) is 4.79 Å². The summed E-state index contributed by atoms with van der Waals surface area (Å²) < 4.78 is 0. The maximum absolute atomic E-state index is 12.0. The topological polar surface area (TPSA) is 47.3 Å². The van der Waals surface area contributed by atoms with Crippen molar-refractivity contribution in [3.63, 3.8) is 0 Å². The van der Waals surface area contributed by atoms with Crippen molar-refractivity contribution in [3.05, 3.63) is 29.8 Å². The van der Waals surface area contributed by atoms with Crippen LogP contribution in [0.5, 0.6) is 0 Å². The highest BCUT2D eigenvalue weighted by Gasteiger charge is 2.21. The number of carbonyl (C=O) groups excluding carboxylic acids is 1. The first kappa shape index (κ1) is 14.4. The highest BCUT2D eigenvalue weighted by molar-refractivity contribution is 5.76. The van der Waals surface area contributed by atoms with Crippen molar-refractivity contribution in [1.82, 2.24) is 4.90 Å². The second-order valence-electron chi connectivity index (χ2n) is 5.63. The van der Waals surface area contributed by atoms with Crippen LogP contribution >= 0.6 is 0 Å². The molecule has 1 saturated heterocycles. The van der Waals surface area contributed by atoms with Crippen LogP contribution in [0.2, 0.25) is 0 Å². The van der Waals surface area contributed by atoms with Crippen LogP contribution in [0, 0.1) is 17.2 Å². The number of amides is 1. The lowest BCUT2D eigenvalue weighted by molar-refractivity contribution is -0.132. The van der Waals surface area contributed by atoms with Crippen molar-refractivity contribution in [3.8, 4) is 6.07 Å². The van der Waals surface area contributed by atoms with E-state index >= 15 is 0 Å². The molecule has 0 aliphatic carbocycles. The van der Waals surface area contributed by atoms with Crippen LogP contribution in [-0.2, 0) is 4.79 Å². The predicted molar refractivity (Wildman–Crippen MR) is 79.4 cm³/mol. The molecule has 0 unspecified atom stereocenters. The zero-order chi connectivity index (χ0) is 14.5. The van der Waals surface area contributed by atoms with E-state index in [1.807, 2.05) is 29.2 Å². The summed E-state index contributed by atoms with van der Waals surface area (Å²) in [5.41, 5.74) is 1.75. The quantitative estimate of drug-likeness (QED) is 0.847. The number of nitriles is 1. The summed E-state index contributed by atoms with van der Waals surface area (Å²) in [6.07, 6.45) is 0.629. The second kappa shape index (κ2) is 6.42. The number of carbonyl (C=O) groups is 1. The summed E-state index contributed by atoms with van der Waals surface area (Å²) >= 11 is 0. The van der Waals surface area contributed by atoms with Gasteiger partial charge < -0.3 is 9.80 Å². The summed E-state index contributed by atoms with van der Waals surface area (Å²) in [5.74, 6) is 0.665. The van der Waals surface area contributed by atoms with E-state index in [0.29, 0.717) is 17.9 Å². The highest BCUT2D eigenvalue weighted by atomic mass is 16.2. The standard InChI is InChI=1S/C16H21N3O/c1-13(2)10-16(20)19-8-6-18(7-9-19)15-5-3-4-14(11-15)12-17/h3-5,11,13H,6-10H2,1-2H3. The van der Waals surface area contributed by atoms with Gasteiger partial charge in [0.25, 0.3) is 0 Å². The second-order valence-corrected chi connectivity index (χ2v) is 5.63. The van der Waals surface area contributed by atoms with Gasteiger partial charge in [0, 0.05) is 38.3 Å². The number of nitrogens with zero attached hydrogens (tertiary/aromatic N) is 3. The van der Waals surface area contributed by atoms with E-state index in [1.165, 1.54) is 0 Å². The third-order valence-corrected chi connectivity index (χ3v) is 3.56. The molecule has 2 rings (SSSR count). The fourth-order valence-electron chi connectivity index (χ4n) is 2.46. The maximum atomic E-state index is 12.0. The summed E-state index contributed by atoms with van der Waals surface area (Å²) in [6.45, 7) is 7.34. The van der Waals surface area contributed by atoms with E-state index in [4.69, 9.17) is 5.26 Å². The number of anilines is 1. The third kappa shape index (κ3) is 3.51. The molecule has 1 aliphatic rings. The molecule has 1 aromatic carbocycles. The molecule has 0 bridgehead atoms. The molecule has 0 spiro atoms. The Bertz CT molecular complexity index is 511. The van der Waals surface area contributed by atoms with Crippen molar-refractivity contribution in [2.24, 2.45) is 5.92 Å². The Morgan fingerprint density at radius 3 is 2.60 bits per heavy atom. The van der Waals surface area contributed by atoms with Gasteiger partial charge in [-0.3, -0.25) is 4.79 Å². The minimum absolute atomic E-state index is 0.255. The molecule has 4 heteroatoms. The Kier molecular flexibility index (Phi) is 4.62. The van der Waals surface area contributed by atoms with Crippen LogP contribution in [0.15, 0.2) is 24.3 Å². The van der Waals surface area contributed by atoms with Crippen LogP contribution in [0.25, 0.3) is 0 Å². The zero-order valence-corrected chi connectivity index (χ0v) is 12.2. The Balaban J connectivity index is 1.94. The van der Waals surface area contributed by atoms with Crippen LogP contribution in [-0.4, -0.2) is 37.0 Å². The Morgan fingerprint density at radius 1 is 1.30 bits per heavy atom. The molecule has 0 saturated carbocycles. The van der Waals surface area contributed by atoms with Gasteiger partial charge in [0.2, 0.25) is 5.91 Å². The summed E-state index contributed by atoms with van der Waals surface area (Å²) in [6, 6.07) is 9.81. The van der Waals surface area contributed by atoms with Gasteiger partial charge in [-0.2, -0.15) is 5.26 Å². The number of piperazine rings is 1. The Morgan fingerprint density at radius 2 is 2.00 bits per heavy atom. The summed E-state index contributed by atoms with van der Waals surface area (Å²) in [7, 11) is 0. The highest BCUT2D eigenvalue weighted by Crippen LogP contribution is 2.18. The van der Waals surface area contributed by atoms with Gasteiger partial charge in [-0.15, -0.1) is 0 Å². The minimum atomic E-state index is 0.255. The lowest BCUT2D eigenvalue weighted by Gasteiger charge is -2.36. The first-order valence-electron chi connectivity index (χ1n) is 7.13. The number of benzene rings is 1. The summed E-state index contributed by atoms with van der Waals surface area (Å²) in [5, 5.41) is 8.94. The lowest BCUT2D eigenvalue weighted by Crippen LogP contribution is -2.49. The lowest BCUT2D eigenvalue weighted by atomic mass is 10.1. The van der Waals surface area contributed by atoms with Gasteiger partial charge in [0.15, 0.2) is 0 Å². The molecule has 20 heavy (non-hydrogen) atoms. The van der Waals surface area contributed by atoms with Crippen molar-refractivity contribution in [2.75, 3.05) is 31.1 Å². The van der Waals surface area contributed by atoms with Crippen molar-refractivity contribution < 1.29 is 4.79 Å². The summed E-state index contributed by atoms with van der Waals surface area (Å²) in [4.78, 5) is 16.2. The molecule has 0 aromatic heterocycles. The molecule has 0 atom stereocenters. The van der Waals surface area contributed by atoms with Gasteiger partial charge in [-0.05, 0) is 24.1 Å². The first-order valence-corrected chi connectivity index (χ1v) is 7.13. The molecule has 1 fully saturated rings. The molecule has 1 aliphatic heterocycles. The van der Waals surface area contributed by atoms with Gasteiger partial charge in [-0.1, -0.05) is 19.9 Å². The largest absolute Gasteiger partial charge is 0.368 e. The van der Waals surface area contributed by atoms with E-state index in [0.717, 1.165) is 31.9 Å². The molecule has 1 aromatic rings. The predicted octanol–water partition coefficient (Wildman–Crippen LogP) is 2.25. The van der Waals surface area contributed by atoms with Gasteiger partial charge in [0.05, 0.1) is 11.6 Å². The van der Waals surface area contributed by atoms with E-state index < -0.39 is 0 Å².